The van der Waals surface area contributed by atoms with Crippen molar-refractivity contribution in [2.24, 2.45) is 0 Å². The maximum atomic E-state index is 14.0. The standard InChI is InChI=1S/C34H36N2O8/c1-42-27-11-7-6-10-23(27)12-14-36(29(39)18-21-8-4-3-5-9-21)26-19-25(34(41)35-13-15-37)30-24-16-22(20-38)17-28(43-2)32(24)44-33(30)31(26)40/h3-11,16-17,19-20,26,30-31,33,37,40H,12-15,18H2,1-2H3,(H,35,41). The van der Waals surface area contributed by atoms with Crippen molar-refractivity contribution in [1.82, 2.24) is 10.2 Å². The fraction of sp³-hybridized carbons (Fsp3) is 0.324. The smallest absolute Gasteiger partial charge is 0.247 e. The highest BCUT2D eigenvalue weighted by Gasteiger charge is 2.51. The molecule has 3 N–H and O–H groups in total. The Morgan fingerprint density at radius 3 is 2.45 bits per heavy atom. The van der Waals surface area contributed by atoms with Gasteiger partial charge in [0.2, 0.25) is 11.8 Å². The fourth-order valence-corrected chi connectivity index (χ4v) is 6.02. The summed E-state index contributed by atoms with van der Waals surface area (Å²) in [5.74, 6) is -0.159. The van der Waals surface area contributed by atoms with Crippen LogP contribution in [0.4, 0.5) is 0 Å². The van der Waals surface area contributed by atoms with Crippen molar-refractivity contribution in [3.63, 3.8) is 0 Å². The van der Waals surface area contributed by atoms with Crippen LogP contribution in [0.1, 0.15) is 33.0 Å². The number of methoxy groups -OCH3 is 2. The summed E-state index contributed by atoms with van der Waals surface area (Å²) in [6, 6.07) is 19.1. The van der Waals surface area contributed by atoms with Gasteiger partial charge in [0.1, 0.15) is 24.2 Å². The number of carbonyl (C=O) groups is 3. The van der Waals surface area contributed by atoms with Crippen LogP contribution in [0.2, 0.25) is 0 Å². The third-order valence-corrected chi connectivity index (χ3v) is 8.10. The highest BCUT2D eigenvalue weighted by Crippen LogP contribution is 2.51. The molecule has 44 heavy (non-hydrogen) atoms. The van der Waals surface area contributed by atoms with Crippen LogP contribution in [0, 0.1) is 0 Å². The zero-order valence-electron chi connectivity index (χ0n) is 24.6. The monoisotopic (exact) mass is 600 g/mol. The summed E-state index contributed by atoms with van der Waals surface area (Å²) < 4.78 is 17.3. The summed E-state index contributed by atoms with van der Waals surface area (Å²) >= 11 is 0. The lowest BCUT2D eigenvalue weighted by molar-refractivity contribution is -0.136. The largest absolute Gasteiger partial charge is 0.496 e. The van der Waals surface area contributed by atoms with Crippen LogP contribution in [0.15, 0.2) is 78.4 Å². The third-order valence-electron chi connectivity index (χ3n) is 8.10. The number of para-hydroxylation sites is 1. The van der Waals surface area contributed by atoms with Gasteiger partial charge in [0.15, 0.2) is 11.5 Å². The van der Waals surface area contributed by atoms with E-state index in [-0.39, 0.29) is 37.6 Å². The first-order valence-corrected chi connectivity index (χ1v) is 14.5. The van der Waals surface area contributed by atoms with E-state index in [4.69, 9.17) is 14.2 Å². The molecule has 0 saturated carbocycles. The third kappa shape index (κ3) is 6.17. The summed E-state index contributed by atoms with van der Waals surface area (Å²) in [4.78, 5) is 40.9. The molecule has 0 spiro atoms. The number of amides is 2. The molecule has 4 unspecified atom stereocenters. The molecule has 10 heteroatoms. The lowest BCUT2D eigenvalue weighted by atomic mass is 9.77. The van der Waals surface area contributed by atoms with Gasteiger partial charge in [-0.3, -0.25) is 14.4 Å². The molecule has 3 aromatic carbocycles. The average Bonchev–Trinajstić information content (AvgIpc) is 3.44. The molecular formula is C34H36N2O8. The van der Waals surface area contributed by atoms with Gasteiger partial charge in [0, 0.05) is 29.8 Å². The van der Waals surface area contributed by atoms with Gasteiger partial charge in [-0.2, -0.15) is 0 Å². The van der Waals surface area contributed by atoms with E-state index in [1.807, 2.05) is 54.6 Å². The van der Waals surface area contributed by atoms with Crippen molar-refractivity contribution in [3.05, 3.63) is 101 Å². The number of hydrogen-bond acceptors (Lipinski definition) is 8. The molecule has 1 aliphatic carbocycles. The Morgan fingerprint density at radius 1 is 1.02 bits per heavy atom. The second-order valence-electron chi connectivity index (χ2n) is 10.7. The molecule has 230 valence electrons. The number of fused-ring (bicyclic) bond motifs is 3. The fourth-order valence-electron chi connectivity index (χ4n) is 6.02. The van der Waals surface area contributed by atoms with Crippen molar-refractivity contribution >= 4 is 18.1 Å². The van der Waals surface area contributed by atoms with E-state index in [0.717, 1.165) is 11.1 Å². The Hall–Kier alpha value is -4.67. The molecule has 4 atom stereocenters. The molecule has 0 bridgehead atoms. The highest BCUT2D eigenvalue weighted by atomic mass is 16.5. The molecule has 5 rings (SSSR count). The molecule has 1 aliphatic heterocycles. The second kappa shape index (κ2) is 13.7. The Bertz CT molecular complexity index is 1540. The predicted octanol–water partition coefficient (Wildman–Crippen LogP) is 2.45. The number of benzene rings is 3. The van der Waals surface area contributed by atoms with Crippen molar-refractivity contribution in [2.75, 3.05) is 33.9 Å². The zero-order valence-corrected chi connectivity index (χ0v) is 24.6. The van der Waals surface area contributed by atoms with Gasteiger partial charge >= 0.3 is 0 Å². The first-order valence-electron chi connectivity index (χ1n) is 14.5. The Morgan fingerprint density at radius 2 is 1.75 bits per heavy atom. The number of rotatable bonds is 12. The van der Waals surface area contributed by atoms with Crippen LogP contribution in [-0.4, -0.2) is 85.4 Å². The molecule has 0 radical (unpaired) electrons. The maximum absolute atomic E-state index is 14.0. The van der Waals surface area contributed by atoms with E-state index in [1.165, 1.54) is 13.2 Å². The predicted molar refractivity (Wildman–Crippen MR) is 162 cm³/mol. The van der Waals surface area contributed by atoms with Crippen molar-refractivity contribution in [2.45, 2.75) is 37.0 Å². The molecule has 2 aliphatic rings. The lowest BCUT2D eigenvalue weighted by Gasteiger charge is -2.41. The minimum atomic E-state index is -1.23. The van der Waals surface area contributed by atoms with Crippen LogP contribution in [0.25, 0.3) is 0 Å². The van der Waals surface area contributed by atoms with Gasteiger partial charge in [0.25, 0.3) is 0 Å². The van der Waals surface area contributed by atoms with Crippen LogP contribution in [0.3, 0.4) is 0 Å². The number of hydrogen-bond donors (Lipinski definition) is 3. The minimum absolute atomic E-state index is 0.0106. The molecule has 1 heterocycles. The summed E-state index contributed by atoms with van der Waals surface area (Å²) in [7, 11) is 3.03. The normalized spacial score (nSPS) is 20.0. The van der Waals surface area contributed by atoms with E-state index in [1.54, 1.807) is 24.2 Å². The van der Waals surface area contributed by atoms with Gasteiger partial charge in [-0.25, -0.2) is 0 Å². The van der Waals surface area contributed by atoms with E-state index < -0.39 is 30.1 Å². The number of nitrogens with zero attached hydrogens (tertiary/aromatic N) is 1. The summed E-state index contributed by atoms with van der Waals surface area (Å²) in [6.07, 6.45) is 0.616. The van der Waals surface area contributed by atoms with Gasteiger partial charge in [-0.15, -0.1) is 0 Å². The zero-order chi connectivity index (χ0) is 31.2. The first kappa shape index (κ1) is 30.8. The SMILES string of the molecule is COc1ccccc1CCN(C(=O)Cc1ccccc1)C1C=C(C(=O)NCCO)C2c3cc(C=O)cc(OC)c3OC2C1O. The van der Waals surface area contributed by atoms with Crippen LogP contribution >= 0.6 is 0 Å². The molecule has 0 saturated heterocycles. The number of aldehydes is 1. The maximum Gasteiger partial charge on any atom is 0.247 e. The van der Waals surface area contributed by atoms with E-state index in [2.05, 4.69) is 5.32 Å². The van der Waals surface area contributed by atoms with Crippen LogP contribution in [-0.2, 0) is 22.4 Å². The number of aliphatic hydroxyl groups is 2. The topological polar surface area (TPSA) is 135 Å². The minimum Gasteiger partial charge on any atom is -0.496 e. The van der Waals surface area contributed by atoms with E-state index in [9.17, 15) is 24.6 Å². The average molecular weight is 601 g/mol. The highest BCUT2D eigenvalue weighted by molar-refractivity contribution is 5.96. The van der Waals surface area contributed by atoms with Crippen LogP contribution < -0.4 is 19.5 Å². The van der Waals surface area contributed by atoms with Crippen molar-refractivity contribution < 1.29 is 38.8 Å². The molecule has 3 aromatic rings. The van der Waals surface area contributed by atoms with Gasteiger partial charge in [0.05, 0.1) is 39.2 Å². The summed E-state index contributed by atoms with van der Waals surface area (Å²) in [6.45, 7) is -0.0363. The van der Waals surface area contributed by atoms with Crippen molar-refractivity contribution in [3.8, 4) is 17.2 Å². The molecular weight excluding hydrogens is 564 g/mol. The number of carbonyl (C=O) groups excluding carboxylic acids is 3. The number of ether oxygens (including phenoxy) is 3. The molecule has 2 amide bonds. The summed E-state index contributed by atoms with van der Waals surface area (Å²) in [5, 5.41) is 24.0. The Labute approximate surface area is 255 Å². The van der Waals surface area contributed by atoms with Gasteiger partial charge in [-0.1, -0.05) is 48.5 Å². The molecule has 10 nitrogen and oxygen atoms in total. The Kier molecular flexibility index (Phi) is 9.62. The van der Waals surface area contributed by atoms with Gasteiger partial charge < -0.3 is 34.6 Å². The second-order valence-corrected chi connectivity index (χ2v) is 10.7. The van der Waals surface area contributed by atoms with Gasteiger partial charge in [-0.05, 0) is 41.8 Å². The molecule has 0 aromatic heterocycles. The van der Waals surface area contributed by atoms with Crippen LogP contribution in [0.5, 0.6) is 17.2 Å². The van der Waals surface area contributed by atoms with Crippen molar-refractivity contribution in [1.29, 1.82) is 0 Å². The lowest BCUT2D eigenvalue weighted by Crippen LogP contribution is -2.56. The number of aliphatic hydroxyl groups excluding tert-OH is 2. The Balaban J connectivity index is 1.57. The summed E-state index contributed by atoms with van der Waals surface area (Å²) in [5.41, 5.74) is 2.81. The quantitative estimate of drug-likeness (QED) is 0.270. The number of nitrogens with one attached hydrogen (secondary N) is 1. The first-order chi connectivity index (χ1) is 21.4. The van der Waals surface area contributed by atoms with E-state index >= 15 is 0 Å². The van der Waals surface area contributed by atoms with E-state index in [0.29, 0.717) is 41.1 Å². The molecule has 0 fully saturated rings.